The number of anilines is 1. The zero-order valence-electron chi connectivity index (χ0n) is 10.9. The third-order valence-electron chi connectivity index (χ3n) is 3.28. The van der Waals surface area contributed by atoms with Crippen LogP contribution in [0.25, 0.3) is 0 Å². The van der Waals surface area contributed by atoms with Crippen molar-refractivity contribution >= 4 is 23.4 Å². The predicted molar refractivity (Wildman–Crippen MR) is 75.1 cm³/mol. The smallest absolute Gasteiger partial charge is 0.407 e. The highest BCUT2D eigenvalue weighted by molar-refractivity contribution is 6.30. The van der Waals surface area contributed by atoms with Crippen LogP contribution >= 0.6 is 11.6 Å². The van der Waals surface area contributed by atoms with Crippen molar-refractivity contribution in [3.63, 3.8) is 0 Å². The van der Waals surface area contributed by atoms with Gasteiger partial charge >= 0.3 is 6.09 Å². The van der Waals surface area contributed by atoms with Gasteiger partial charge in [0.1, 0.15) is 0 Å². The zero-order valence-corrected chi connectivity index (χ0v) is 11.6. The van der Waals surface area contributed by atoms with Crippen molar-refractivity contribution in [2.45, 2.75) is 19.0 Å². The van der Waals surface area contributed by atoms with E-state index in [1.165, 1.54) is 7.11 Å². The minimum absolute atomic E-state index is 0.132. The molecule has 0 aliphatic carbocycles. The number of amides is 1. The summed E-state index contributed by atoms with van der Waals surface area (Å²) in [4.78, 5) is 13.4. The van der Waals surface area contributed by atoms with Crippen LogP contribution < -0.4 is 11.1 Å². The number of nitrogens with two attached hydrogens (primary N) is 1. The molecule has 6 heteroatoms. The first-order chi connectivity index (χ1) is 9.08. The number of alkyl carbamates (subject to hydrolysis) is 1. The predicted octanol–water partition coefficient (Wildman–Crippen LogP) is 1.85. The Morgan fingerprint density at radius 2 is 2.42 bits per heavy atom. The fraction of sp³-hybridized carbons (Fsp3) is 0.462. The lowest BCUT2D eigenvalue weighted by molar-refractivity contribution is 0.166. The molecule has 1 aromatic carbocycles. The second kappa shape index (κ2) is 6.12. The van der Waals surface area contributed by atoms with E-state index in [9.17, 15) is 4.79 Å². The number of nitrogen functional groups attached to an aromatic ring is 1. The van der Waals surface area contributed by atoms with Crippen LogP contribution in [0.1, 0.15) is 12.0 Å². The SMILES string of the molecule is COC(=O)NC1CCN(Cc2cc(Cl)ccc2N)C1. The summed E-state index contributed by atoms with van der Waals surface area (Å²) in [6.07, 6.45) is 0.532. The standard InChI is InChI=1S/C13H18ClN3O2/c1-19-13(18)16-11-4-5-17(8-11)7-9-6-10(14)2-3-12(9)15/h2-3,6,11H,4-5,7-8,15H2,1H3,(H,16,18). The number of hydrogen-bond acceptors (Lipinski definition) is 4. The molecule has 5 nitrogen and oxygen atoms in total. The van der Waals surface area contributed by atoms with Gasteiger partial charge in [0.15, 0.2) is 0 Å². The van der Waals surface area contributed by atoms with E-state index >= 15 is 0 Å². The Balaban J connectivity index is 1.91. The van der Waals surface area contributed by atoms with E-state index in [1.54, 1.807) is 6.07 Å². The molecule has 19 heavy (non-hydrogen) atoms. The molecule has 1 unspecified atom stereocenters. The largest absolute Gasteiger partial charge is 0.453 e. The molecular weight excluding hydrogens is 266 g/mol. The summed E-state index contributed by atoms with van der Waals surface area (Å²) in [6.45, 7) is 2.45. The molecule has 1 aliphatic heterocycles. The van der Waals surface area contributed by atoms with Crippen molar-refractivity contribution < 1.29 is 9.53 Å². The molecule has 3 N–H and O–H groups in total. The lowest BCUT2D eigenvalue weighted by atomic mass is 10.1. The van der Waals surface area contributed by atoms with Gasteiger partial charge in [0, 0.05) is 36.4 Å². The molecule has 2 rings (SSSR count). The van der Waals surface area contributed by atoms with Gasteiger partial charge in [-0.05, 0) is 30.2 Å². The number of nitrogens with one attached hydrogen (secondary N) is 1. The second-order valence-corrected chi connectivity index (χ2v) is 5.14. The summed E-state index contributed by atoms with van der Waals surface area (Å²) in [5.74, 6) is 0. The Morgan fingerprint density at radius 1 is 1.63 bits per heavy atom. The summed E-state index contributed by atoms with van der Waals surface area (Å²) in [5.41, 5.74) is 7.69. The van der Waals surface area contributed by atoms with Crippen LogP contribution in [0.2, 0.25) is 5.02 Å². The van der Waals surface area contributed by atoms with Crippen molar-refractivity contribution in [2.75, 3.05) is 25.9 Å². The van der Waals surface area contributed by atoms with Gasteiger partial charge in [-0.2, -0.15) is 0 Å². The Bertz CT molecular complexity index is 467. The van der Waals surface area contributed by atoms with Crippen LogP contribution in [0.15, 0.2) is 18.2 Å². The van der Waals surface area contributed by atoms with Crippen molar-refractivity contribution in [1.82, 2.24) is 10.2 Å². The molecule has 1 saturated heterocycles. The van der Waals surface area contributed by atoms with Crippen LogP contribution in [0.3, 0.4) is 0 Å². The van der Waals surface area contributed by atoms with E-state index in [-0.39, 0.29) is 12.1 Å². The summed E-state index contributed by atoms with van der Waals surface area (Å²) < 4.78 is 4.59. The summed E-state index contributed by atoms with van der Waals surface area (Å²) in [5, 5.41) is 3.50. The molecule has 0 radical (unpaired) electrons. The summed E-state index contributed by atoms with van der Waals surface area (Å²) in [6, 6.07) is 5.62. The lowest BCUT2D eigenvalue weighted by Crippen LogP contribution is -2.36. The fourth-order valence-electron chi connectivity index (χ4n) is 2.27. The number of ether oxygens (including phenoxy) is 1. The van der Waals surface area contributed by atoms with Crippen molar-refractivity contribution in [2.24, 2.45) is 0 Å². The highest BCUT2D eigenvalue weighted by Crippen LogP contribution is 2.21. The number of benzene rings is 1. The Morgan fingerprint density at radius 3 is 3.16 bits per heavy atom. The molecular formula is C13H18ClN3O2. The minimum Gasteiger partial charge on any atom is -0.453 e. The van der Waals surface area contributed by atoms with Gasteiger partial charge in [0.25, 0.3) is 0 Å². The third kappa shape index (κ3) is 3.75. The number of methoxy groups -OCH3 is 1. The average molecular weight is 284 g/mol. The van der Waals surface area contributed by atoms with E-state index < -0.39 is 0 Å². The van der Waals surface area contributed by atoms with Crippen molar-refractivity contribution in [3.8, 4) is 0 Å². The van der Waals surface area contributed by atoms with E-state index in [0.717, 1.165) is 37.3 Å². The fourth-order valence-corrected chi connectivity index (χ4v) is 2.47. The van der Waals surface area contributed by atoms with Gasteiger partial charge in [0.05, 0.1) is 7.11 Å². The van der Waals surface area contributed by atoms with E-state index in [2.05, 4.69) is 15.0 Å². The maximum Gasteiger partial charge on any atom is 0.407 e. The van der Waals surface area contributed by atoms with E-state index in [4.69, 9.17) is 17.3 Å². The van der Waals surface area contributed by atoms with Crippen molar-refractivity contribution in [1.29, 1.82) is 0 Å². The summed E-state index contributed by atoms with van der Waals surface area (Å²) >= 11 is 5.97. The van der Waals surface area contributed by atoms with Crippen LogP contribution in [-0.4, -0.2) is 37.2 Å². The molecule has 1 atom stereocenters. The Labute approximate surface area is 117 Å². The molecule has 104 valence electrons. The molecule has 1 aliphatic rings. The number of carbonyl (C=O) groups excluding carboxylic acids is 1. The first kappa shape index (κ1) is 14.0. The first-order valence-electron chi connectivity index (χ1n) is 6.19. The molecule has 1 amide bonds. The second-order valence-electron chi connectivity index (χ2n) is 4.70. The number of carbonyl (C=O) groups is 1. The molecule has 0 spiro atoms. The van der Waals surface area contributed by atoms with Crippen molar-refractivity contribution in [3.05, 3.63) is 28.8 Å². The molecule has 0 saturated carbocycles. The Kier molecular flexibility index (Phi) is 4.50. The average Bonchev–Trinajstić information content (AvgIpc) is 2.81. The van der Waals surface area contributed by atoms with E-state index in [1.807, 2.05) is 12.1 Å². The lowest BCUT2D eigenvalue weighted by Gasteiger charge is -2.17. The molecule has 1 fully saturated rings. The normalized spacial score (nSPS) is 19.4. The quantitative estimate of drug-likeness (QED) is 0.831. The van der Waals surface area contributed by atoms with Gasteiger partial charge in [0.2, 0.25) is 0 Å². The number of hydrogen-bond donors (Lipinski definition) is 2. The van der Waals surface area contributed by atoms with Gasteiger partial charge in [-0.25, -0.2) is 4.79 Å². The van der Waals surface area contributed by atoms with E-state index in [0.29, 0.717) is 5.02 Å². The zero-order chi connectivity index (χ0) is 13.8. The molecule has 0 aromatic heterocycles. The number of likely N-dealkylation sites (tertiary alicyclic amines) is 1. The molecule has 1 aromatic rings. The van der Waals surface area contributed by atoms with Crippen LogP contribution in [0, 0.1) is 0 Å². The topological polar surface area (TPSA) is 67.6 Å². The molecule has 1 heterocycles. The first-order valence-corrected chi connectivity index (χ1v) is 6.57. The monoisotopic (exact) mass is 283 g/mol. The maximum absolute atomic E-state index is 11.1. The number of halogens is 1. The van der Waals surface area contributed by atoms with Crippen LogP contribution in [-0.2, 0) is 11.3 Å². The van der Waals surface area contributed by atoms with Gasteiger partial charge in [-0.3, -0.25) is 4.90 Å². The van der Waals surface area contributed by atoms with Crippen LogP contribution in [0.4, 0.5) is 10.5 Å². The summed E-state index contributed by atoms with van der Waals surface area (Å²) in [7, 11) is 1.37. The van der Waals surface area contributed by atoms with Gasteiger partial charge in [-0.15, -0.1) is 0 Å². The number of rotatable bonds is 3. The van der Waals surface area contributed by atoms with Crippen LogP contribution in [0.5, 0.6) is 0 Å². The Hall–Kier alpha value is -1.46. The third-order valence-corrected chi connectivity index (χ3v) is 3.51. The number of nitrogens with zero attached hydrogens (tertiary/aromatic N) is 1. The minimum atomic E-state index is -0.380. The van der Waals surface area contributed by atoms with Gasteiger partial charge < -0.3 is 15.8 Å². The maximum atomic E-state index is 11.1. The molecule has 0 bridgehead atoms. The highest BCUT2D eigenvalue weighted by atomic mass is 35.5. The highest BCUT2D eigenvalue weighted by Gasteiger charge is 2.24. The van der Waals surface area contributed by atoms with Gasteiger partial charge in [-0.1, -0.05) is 11.6 Å².